The van der Waals surface area contributed by atoms with Crippen molar-refractivity contribution in [3.63, 3.8) is 0 Å². The fraction of sp³-hybridized carbons (Fsp3) is 0.188. The van der Waals surface area contributed by atoms with Crippen LogP contribution in [0.4, 0.5) is 0 Å². The lowest BCUT2D eigenvalue weighted by Crippen LogP contribution is -2.07. The first kappa shape index (κ1) is 14.9. The van der Waals surface area contributed by atoms with Gasteiger partial charge in [0.05, 0.1) is 12.2 Å². The molecule has 0 bridgehead atoms. The van der Waals surface area contributed by atoms with Gasteiger partial charge in [-0.3, -0.25) is 4.79 Å². The van der Waals surface area contributed by atoms with Crippen LogP contribution in [0.5, 0.6) is 5.75 Å². The van der Waals surface area contributed by atoms with Crippen LogP contribution in [0.3, 0.4) is 0 Å². The van der Waals surface area contributed by atoms with E-state index in [1.807, 2.05) is 19.1 Å². The molecule has 0 fully saturated rings. The van der Waals surface area contributed by atoms with Gasteiger partial charge >= 0.3 is 0 Å². The molecule has 0 aromatic heterocycles. The predicted molar refractivity (Wildman–Crippen MR) is 82.1 cm³/mol. The monoisotopic (exact) mass is 308 g/mol. The number of para-hydroxylation sites is 1. The Balaban J connectivity index is 2.29. The Morgan fingerprint density at radius 3 is 2.35 bits per heavy atom. The quantitative estimate of drug-likeness (QED) is 0.740. The van der Waals surface area contributed by atoms with Crippen molar-refractivity contribution >= 4 is 29.0 Å². The molecule has 2 aromatic rings. The molecule has 0 unspecified atom stereocenters. The summed E-state index contributed by atoms with van der Waals surface area (Å²) in [5, 5.41) is 1.000. The van der Waals surface area contributed by atoms with E-state index in [1.54, 1.807) is 30.3 Å². The van der Waals surface area contributed by atoms with Crippen molar-refractivity contribution in [1.82, 2.24) is 0 Å². The smallest absolute Gasteiger partial charge is 0.171 e. The van der Waals surface area contributed by atoms with E-state index in [4.69, 9.17) is 27.9 Å². The van der Waals surface area contributed by atoms with E-state index in [1.165, 1.54) is 0 Å². The summed E-state index contributed by atoms with van der Waals surface area (Å²) in [5.74, 6) is 0.521. The van der Waals surface area contributed by atoms with Crippen LogP contribution in [0.2, 0.25) is 10.0 Å². The van der Waals surface area contributed by atoms with Crippen LogP contribution in [-0.4, -0.2) is 12.4 Å². The number of halogens is 2. The van der Waals surface area contributed by atoms with Gasteiger partial charge in [-0.1, -0.05) is 41.4 Å². The Morgan fingerprint density at radius 2 is 1.70 bits per heavy atom. The number of rotatable bonds is 5. The lowest BCUT2D eigenvalue weighted by atomic mass is 10.0. The Labute approximate surface area is 128 Å². The second kappa shape index (κ2) is 6.78. The minimum absolute atomic E-state index is 0.0657. The normalized spacial score (nSPS) is 10.3. The van der Waals surface area contributed by atoms with E-state index in [9.17, 15) is 4.79 Å². The second-order valence-corrected chi connectivity index (χ2v) is 5.04. The highest BCUT2D eigenvalue weighted by molar-refractivity contribution is 6.36. The van der Waals surface area contributed by atoms with Gasteiger partial charge in [0.1, 0.15) is 5.75 Å². The number of hydrogen-bond donors (Lipinski definition) is 0. The van der Waals surface area contributed by atoms with E-state index in [2.05, 4.69) is 0 Å². The van der Waals surface area contributed by atoms with Crippen LogP contribution in [-0.2, 0) is 6.42 Å². The van der Waals surface area contributed by atoms with Crippen molar-refractivity contribution in [3.8, 4) is 5.75 Å². The van der Waals surface area contributed by atoms with E-state index in [0.29, 0.717) is 33.5 Å². The van der Waals surface area contributed by atoms with Gasteiger partial charge in [0.2, 0.25) is 0 Å². The number of carbonyl (C=O) groups is 1. The Hall–Kier alpha value is -1.51. The molecule has 0 heterocycles. The van der Waals surface area contributed by atoms with Gasteiger partial charge < -0.3 is 4.74 Å². The fourth-order valence-corrected chi connectivity index (χ4v) is 2.47. The molecule has 0 aliphatic rings. The van der Waals surface area contributed by atoms with E-state index >= 15 is 0 Å². The molecular formula is C16H14Cl2O2. The van der Waals surface area contributed by atoms with E-state index in [0.717, 1.165) is 0 Å². The third-order valence-corrected chi connectivity index (χ3v) is 3.59. The molecule has 2 nitrogen and oxygen atoms in total. The zero-order valence-electron chi connectivity index (χ0n) is 11.0. The van der Waals surface area contributed by atoms with Gasteiger partial charge in [-0.2, -0.15) is 0 Å². The molecule has 0 aliphatic carbocycles. The first-order valence-corrected chi connectivity index (χ1v) is 7.07. The third-order valence-electron chi connectivity index (χ3n) is 2.89. The summed E-state index contributed by atoms with van der Waals surface area (Å²) in [6.45, 7) is 2.39. The topological polar surface area (TPSA) is 26.3 Å². The van der Waals surface area contributed by atoms with Gasteiger partial charge in [-0.15, -0.1) is 0 Å². The molecule has 2 aromatic carbocycles. The molecular weight excluding hydrogens is 295 g/mol. The predicted octanol–water partition coefficient (Wildman–Crippen LogP) is 4.82. The maximum atomic E-state index is 12.4. The Kier molecular flexibility index (Phi) is 5.05. The van der Waals surface area contributed by atoms with E-state index < -0.39 is 0 Å². The standard InChI is InChI=1S/C16H14Cl2O2/c1-2-20-16-9-4-3-6-11(16)15(19)10-12-13(17)7-5-8-14(12)18/h3-9H,2,10H2,1H3. The fourth-order valence-electron chi connectivity index (χ4n) is 1.94. The first-order chi connectivity index (χ1) is 9.63. The lowest BCUT2D eigenvalue weighted by molar-refractivity contribution is 0.0989. The van der Waals surface area contributed by atoms with Crippen molar-refractivity contribution in [1.29, 1.82) is 0 Å². The zero-order chi connectivity index (χ0) is 14.5. The molecule has 0 atom stereocenters. The number of Topliss-reactive ketones (excluding diaryl/α,β-unsaturated/α-hetero) is 1. The molecule has 0 spiro atoms. The van der Waals surface area contributed by atoms with Crippen molar-refractivity contribution < 1.29 is 9.53 Å². The number of hydrogen-bond acceptors (Lipinski definition) is 2. The van der Waals surface area contributed by atoms with E-state index in [-0.39, 0.29) is 12.2 Å². The molecule has 2 rings (SSSR count). The van der Waals surface area contributed by atoms with Crippen LogP contribution in [0.25, 0.3) is 0 Å². The summed E-state index contributed by atoms with van der Waals surface area (Å²) in [7, 11) is 0. The largest absolute Gasteiger partial charge is 0.493 e. The molecule has 0 aliphatic heterocycles. The minimum atomic E-state index is -0.0657. The highest BCUT2D eigenvalue weighted by Gasteiger charge is 2.16. The maximum Gasteiger partial charge on any atom is 0.171 e. The number of ketones is 1. The minimum Gasteiger partial charge on any atom is -0.493 e. The zero-order valence-corrected chi connectivity index (χ0v) is 12.5. The van der Waals surface area contributed by atoms with Gasteiger partial charge in [-0.05, 0) is 36.8 Å². The van der Waals surface area contributed by atoms with Crippen LogP contribution >= 0.6 is 23.2 Å². The molecule has 4 heteroatoms. The van der Waals surface area contributed by atoms with Gasteiger partial charge in [-0.25, -0.2) is 0 Å². The SMILES string of the molecule is CCOc1ccccc1C(=O)Cc1c(Cl)cccc1Cl. The van der Waals surface area contributed by atoms with Crippen LogP contribution in [0.15, 0.2) is 42.5 Å². The third kappa shape index (κ3) is 3.33. The van der Waals surface area contributed by atoms with Crippen LogP contribution < -0.4 is 4.74 Å². The molecule has 0 saturated heterocycles. The molecule has 0 saturated carbocycles. The summed E-state index contributed by atoms with van der Waals surface area (Å²) in [4.78, 5) is 12.4. The maximum absolute atomic E-state index is 12.4. The number of ether oxygens (including phenoxy) is 1. The van der Waals surface area contributed by atoms with Gasteiger partial charge in [0, 0.05) is 16.5 Å². The second-order valence-electron chi connectivity index (χ2n) is 4.23. The lowest BCUT2D eigenvalue weighted by Gasteiger charge is -2.10. The summed E-state index contributed by atoms with van der Waals surface area (Å²) in [5.41, 5.74) is 1.19. The average molecular weight is 309 g/mol. The van der Waals surface area contributed by atoms with Crippen molar-refractivity contribution in [2.45, 2.75) is 13.3 Å². The van der Waals surface area contributed by atoms with Gasteiger partial charge in [0.15, 0.2) is 5.78 Å². The van der Waals surface area contributed by atoms with Crippen LogP contribution in [0, 0.1) is 0 Å². The van der Waals surface area contributed by atoms with Crippen molar-refractivity contribution in [2.75, 3.05) is 6.61 Å². The molecule has 0 radical (unpaired) electrons. The molecule has 0 amide bonds. The van der Waals surface area contributed by atoms with Gasteiger partial charge in [0.25, 0.3) is 0 Å². The Bertz CT molecular complexity index is 603. The highest BCUT2D eigenvalue weighted by atomic mass is 35.5. The summed E-state index contributed by atoms with van der Waals surface area (Å²) in [6, 6.07) is 12.4. The number of benzene rings is 2. The molecule has 0 N–H and O–H groups in total. The number of carbonyl (C=O) groups excluding carboxylic acids is 1. The molecule has 104 valence electrons. The molecule has 20 heavy (non-hydrogen) atoms. The summed E-state index contributed by atoms with van der Waals surface area (Å²) < 4.78 is 5.47. The first-order valence-electron chi connectivity index (χ1n) is 6.31. The highest BCUT2D eigenvalue weighted by Crippen LogP contribution is 2.27. The average Bonchev–Trinajstić information content (AvgIpc) is 2.44. The van der Waals surface area contributed by atoms with Crippen molar-refractivity contribution in [3.05, 3.63) is 63.6 Å². The Morgan fingerprint density at radius 1 is 1.05 bits per heavy atom. The van der Waals surface area contributed by atoms with Crippen LogP contribution in [0.1, 0.15) is 22.8 Å². The van der Waals surface area contributed by atoms with Crippen molar-refractivity contribution in [2.24, 2.45) is 0 Å². The summed E-state index contributed by atoms with van der Waals surface area (Å²) in [6.07, 6.45) is 0.155. The summed E-state index contributed by atoms with van der Waals surface area (Å²) >= 11 is 12.2.